The van der Waals surface area contributed by atoms with Crippen molar-refractivity contribution < 1.29 is 14.3 Å². The molecule has 0 saturated carbocycles. The van der Waals surface area contributed by atoms with E-state index in [0.29, 0.717) is 29.5 Å². The minimum absolute atomic E-state index is 0.0111. The first-order valence-electron chi connectivity index (χ1n) is 5.56. The van der Waals surface area contributed by atoms with Crippen LogP contribution >= 0.6 is 11.6 Å². The zero-order valence-electron chi connectivity index (χ0n) is 10.2. The van der Waals surface area contributed by atoms with E-state index in [1.165, 1.54) is 6.92 Å². The summed E-state index contributed by atoms with van der Waals surface area (Å²) in [6, 6.07) is 5.19. The van der Waals surface area contributed by atoms with Gasteiger partial charge in [0.1, 0.15) is 0 Å². The SMILES string of the molecule is COc1cc(C(C)=O)ccc1OCCCCCl. The summed E-state index contributed by atoms with van der Waals surface area (Å²) < 4.78 is 10.8. The fraction of sp³-hybridized carbons (Fsp3) is 0.462. The third-order valence-corrected chi connectivity index (χ3v) is 2.62. The molecule has 1 aromatic carbocycles. The van der Waals surface area contributed by atoms with Gasteiger partial charge in [0, 0.05) is 11.4 Å². The summed E-state index contributed by atoms with van der Waals surface area (Å²) in [6.45, 7) is 2.12. The summed E-state index contributed by atoms with van der Waals surface area (Å²) >= 11 is 5.58. The first-order chi connectivity index (χ1) is 8.19. The predicted molar refractivity (Wildman–Crippen MR) is 68.4 cm³/mol. The molecular formula is C13H17ClO3. The Balaban J connectivity index is 2.68. The van der Waals surface area contributed by atoms with Gasteiger partial charge in [-0.15, -0.1) is 11.6 Å². The smallest absolute Gasteiger partial charge is 0.161 e. The molecule has 1 rings (SSSR count). The van der Waals surface area contributed by atoms with E-state index in [1.807, 2.05) is 0 Å². The molecule has 94 valence electrons. The lowest BCUT2D eigenvalue weighted by Crippen LogP contribution is -2.01. The highest BCUT2D eigenvalue weighted by Gasteiger charge is 2.07. The van der Waals surface area contributed by atoms with E-state index in [2.05, 4.69) is 0 Å². The fourth-order valence-corrected chi connectivity index (χ4v) is 1.57. The molecule has 0 N–H and O–H groups in total. The van der Waals surface area contributed by atoms with E-state index in [0.717, 1.165) is 12.8 Å². The molecule has 1 aromatic rings. The summed E-state index contributed by atoms with van der Waals surface area (Å²) in [4.78, 5) is 11.2. The molecule has 0 radical (unpaired) electrons. The van der Waals surface area contributed by atoms with Crippen LogP contribution in [0.2, 0.25) is 0 Å². The number of ether oxygens (including phenoxy) is 2. The summed E-state index contributed by atoms with van der Waals surface area (Å²) in [6.07, 6.45) is 1.83. The maximum absolute atomic E-state index is 11.2. The summed E-state index contributed by atoms with van der Waals surface area (Å²) in [5.74, 6) is 1.90. The molecule has 0 aromatic heterocycles. The standard InChI is InChI=1S/C13H17ClO3/c1-10(15)11-5-6-12(13(9-11)16-2)17-8-4-3-7-14/h5-6,9H,3-4,7-8H2,1-2H3. The van der Waals surface area contributed by atoms with Crippen molar-refractivity contribution in [1.82, 2.24) is 0 Å². The number of alkyl halides is 1. The lowest BCUT2D eigenvalue weighted by atomic mass is 10.1. The molecule has 0 heterocycles. The van der Waals surface area contributed by atoms with Crippen LogP contribution in [0.25, 0.3) is 0 Å². The second-order valence-electron chi connectivity index (χ2n) is 3.67. The van der Waals surface area contributed by atoms with Gasteiger partial charge in [-0.2, -0.15) is 0 Å². The van der Waals surface area contributed by atoms with E-state index < -0.39 is 0 Å². The minimum Gasteiger partial charge on any atom is -0.493 e. The number of Topliss-reactive ketones (excluding diaryl/α,β-unsaturated/α-hetero) is 1. The van der Waals surface area contributed by atoms with Gasteiger partial charge in [0.2, 0.25) is 0 Å². The van der Waals surface area contributed by atoms with Gasteiger partial charge in [-0.05, 0) is 38.0 Å². The second kappa shape index (κ2) is 7.17. The van der Waals surface area contributed by atoms with Crippen molar-refractivity contribution in [2.75, 3.05) is 19.6 Å². The highest BCUT2D eigenvalue weighted by atomic mass is 35.5. The zero-order valence-corrected chi connectivity index (χ0v) is 10.9. The van der Waals surface area contributed by atoms with Crippen LogP contribution in [0.5, 0.6) is 11.5 Å². The van der Waals surface area contributed by atoms with Crippen molar-refractivity contribution in [2.24, 2.45) is 0 Å². The zero-order chi connectivity index (χ0) is 12.7. The number of methoxy groups -OCH3 is 1. The quantitative estimate of drug-likeness (QED) is 0.427. The largest absolute Gasteiger partial charge is 0.493 e. The topological polar surface area (TPSA) is 35.5 Å². The van der Waals surface area contributed by atoms with Crippen LogP contribution in [0.3, 0.4) is 0 Å². The number of carbonyl (C=O) groups excluding carboxylic acids is 1. The van der Waals surface area contributed by atoms with Crippen LogP contribution in [0.15, 0.2) is 18.2 Å². The predicted octanol–water partition coefficient (Wildman–Crippen LogP) is 3.30. The molecule has 0 amide bonds. The molecular weight excluding hydrogens is 240 g/mol. The molecule has 3 nitrogen and oxygen atoms in total. The van der Waals surface area contributed by atoms with Crippen LogP contribution in [0, 0.1) is 0 Å². The summed E-state index contributed by atoms with van der Waals surface area (Å²) in [5, 5.41) is 0. The first-order valence-corrected chi connectivity index (χ1v) is 6.10. The van der Waals surface area contributed by atoms with Gasteiger partial charge in [0.15, 0.2) is 17.3 Å². The first kappa shape index (κ1) is 13.8. The number of halogens is 1. The third kappa shape index (κ3) is 4.27. The summed E-state index contributed by atoms with van der Waals surface area (Å²) in [7, 11) is 1.56. The van der Waals surface area contributed by atoms with Crippen molar-refractivity contribution in [3.8, 4) is 11.5 Å². The van der Waals surface area contributed by atoms with Crippen molar-refractivity contribution in [2.45, 2.75) is 19.8 Å². The number of unbranched alkanes of at least 4 members (excludes halogenated alkanes) is 1. The van der Waals surface area contributed by atoms with Gasteiger partial charge in [0.25, 0.3) is 0 Å². The van der Waals surface area contributed by atoms with Crippen LogP contribution in [-0.4, -0.2) is 25.4 Å². The van der Waals surface area contributed by atoms with Crippen molar-refractivity contribution >= 4 is 17.4 Å². The molecule has 4 heteroatoms. The number of rotatable bonds is 7. The Morgan fingerprint density at radius 1 is 1.29 bits per heavy atom. The number of ketones is 1. The van der Waals surface area contributed by atoms with Crippen LogP contribution in [0.1, 0.15) is 30.1 Å². The van der Waals surface area contributed by atoms with Gasteiger partial charge in [-0.3, -0.25) is 4.79 Å². The van der Waals surface area contributed by atoms with Gasteiger partial charge < -0.3 is 9.47 Å². The number of hydrogen-bond donors (Lipinski definition) is 0. The lowest BCUT2D eigenvalue weighted by molar-refractivity contribution is 0.101. The molecule has 0 saturated heterocycles. The van der Waals surface area contributed by atoms with Crippen molar-refractivity contribution in [1.29, 1.82) is 0 Å². The Morgan fingerprint density at radius 2 is 2.06 bits per heavy atom. The number of hydrogen-bond acceptors (Lipinski definition) is 3. The fourth-order valence-electron chi connectivity index (χ4n) is 1.38. The third-order valence-electron chi connectivity index (χ3n) is 2.36. The maximum Gasteiger partial charge on any atom is 0.161 e. The van der Waals surface area contributed by atoms with E-state index in [1.54, 1.807) is 25.3 Å². The normalized spacial score (nSPS) is 10.1. The molecule has 0 atom stereocenters. The van der Waals surface area contributed by atoms with Crippen LogP contribution in [-0.2, 0) is 0 Å². The Labute approximate surface area is 107 Å². The minimum atomic E-state index is 0.0111. The van der Waals surface area contributed by atoms with E-state index in [9.17, 15) is 4.79 Å². The average molecular weight is 257 g/mol. The van der Waals surface area contributed by atoms with Gasteiger partial charge >= 0.3 is 0 Å². The second-order valence-corrected chi connectivity index (χ2v) is 4.04. The van der Waals surface area contributed by atoms with Gasteiger partial charge in [0.05, 0.1) is 13.7 Å². The Morgan fingerprint density at radius 3 is 2.65 bits per heavy atom. The highest BCUT2D eigenvalue weighted by Crippen LogP contribution is 2.28. The maximum atomic E-state index is 11.2. The monoisotopic (exact) mass is 256 g/mol. The van der Waals surface area contributed by atoms with Gasteiger partial charge in [-0.1, -0.05) is 0 Å². The molecule has 0 bridgehead atoms. The van der Waals surface area contributed by atoms with Crippen LogP contribution in [0.4, 0.5) is 0 Å². The molecule has 0 fully saturated rings. The lowest BCUT2D eigenvalue weighted by Gasteiger charge is -2.11. The molecule has 0 aliphatic heterocycles. The molecule has 0 unspecified atom stereocenters. The average Bonchev–Trinajstić information content (AvgIpc) is 2.34. The Hall–Kier alpha value is -1.22. The molecule has 0 aliphatic carbocycles. The van der Waals surface area contributed by atoms with E-state index in [4.69, 9.17) is 21.1 Å². The Bertz CT molecular complexity index is 377. The van der Waals surface area contributed by atoms with Crippen molar-refractivity contribution in [3.05, 3.63) is 23.8 Å². The summed E-state index contributed by atoms with van der Waals surface area (Å²) in [5.41, 5.74) is 0.620. The van der Waals surface area contributed by atoms with Crippen LogP contribution < -0.4 is 9.47 Å². The van der Waals surface area contributed by atoms with Crippen molar-refractivity contribution in [3.63, 3.8) is 0 Å². The Kier molecular flexibility index (Phi) is 5.84. The number of benzene rings is 1. The molecule has 0 spiro atoms. The molecule has 17 heavy (non-hydrogen) atoms. The van der Waals surface area contributed by atoms with E-state index in [-0.39, 0.29) is 5.78 Å². The van der Waals surface area contributed by atoms with E-state index >= 15 is 0 Å². The number of carbonyl (C=O) groups is 1. The highest BCUT2D eigenvalue weighted by molar-refractivity contribution is 6.17. The molecule has 0 aliphatic rings. The van der Waals surface area contributed by atoms with Gasteiger partial charge in [-0.25, -0.2) is 0 Å².